The normalized spacial score (nSPS) is 15.9. The molecule has 5 nitrogen and oxygen atoms in total. The predicted octanol–water partition coefficient (Wildman–Crippen LogP) is 4.64. The SMILES string of the molecule is Cc1cc(F)ccc1CN=C1Nc2c(Cc3ccccc3Cl)cccc2S(=O)(=O)N1. The van der Waals surface area contributed by atoms with E-state index in [1.165, 1.54) is 12.1 Å². The molecular formula is C22H19ClFN3O2S. The predicted molar refractivity (Wildman–Crippen MR) is 117 cm³/mol. The Morgan fingerprint density at radius 3 is 2.53 bits per heavy atom. The Labute approximate surface area is 179 Å². The van der Waals surface area contributed by atoms with Gasteiger partial charge in [-0.2, -0.15) is 0 Å². The molecule has 0 aliphatic carbocycles. The van der Waals surface area contributed by atoms with Crippen LogP contribution >= 0.6 is 11.6 Å². The van der Waals surface area contributed by atoms with Crippen molar-refractivity contribution < 1.29 is 12.8 Å². The third kappa shape index (κ3) is 4.17. The van der Waals surface area contributed by atoms with Crippen molar-refractivity contribution in [1.82, 2.24) is 4.72 Å². The van der Waals surface area contributed by atoms with Crippen molar-refractivity contribution in [3.05, 3.63) is 93.8 Å². The van der Waals surface area contributed by atoms with Crippen molar-refractivity contribution in [2.75, 3.05) is 5.32 Å². The molecule has 0 aromatic heterocycles. The maximum absolute atomic E-state index is 13.3. The van der Waals surface area contributed by atoms with Gasteiger partial charge in [-0.05, 0) is 53.4 Å². The highest BCUT2D eigenvalue weighted by atomic mass is 35.5. The molecule has 8 heteroatoms. The highest BCUT2D eigenvalue weighted by Gasteiger charge is 2.28. The third-order valence-corrected chi connectivity index (χ3v) is 6.68. The van der Waals surface area contributed by atoms with Crippen molar-refractivity contribution >= 4 is 33.3 Å². The number of fused-ring (bicyclic) bond motifs is 1. The van der Waals surface area contributed by atoms with E-state index in [2.05, 4.69) is 15.0 Å². The summed E-state index contributed by atoms with van der Waals surface area (Å²) in [4.78, 5) is 4.53. The number of hydrogen-bond acceptors (Lipinski definition) is 3. The summed E-state index contributed by atoms with van der Waals surface area (Å²) in [5.41, 5.74) is 3.71. The van der Waals surface area contributed by atoms with Gasteiger partial charge in [0.25, 0.3) is 10.0 Å². The molecular weight excluding hydrogens is 425 g/mol. The molecule has 0 saturated carbocycles. The van der Waals surface area contributed by atoms with Crippen molar-refractivity contribution in [2.45, 2.75) is 24.8 Å². The quantitative estimate of drug-likeness (QED) is 0.617. The number of nitrogens with one attached hydrogen (secondary N) is 2. The number of benzene rings is 3. The lowest BCUT2D eigenvalue weighted by Gasteiger charge is -2.24. The fourth-order valence-electron chi connectivity index (χ4n) is 3.34. The summed E-state index contributed by atoms with van der Waals surface area (Å²) in [6.07, 6.45) is 0.468. The minimum Gasteiger partial charge on any atom is -0.324 e. The van der Waals surface area contributed by atoms with Crippen molar-refractivity contribution in [1.29, 1.82) is 0 Å². The zero-order valence-corrected chi connectivity index (χ0v) is 17.7. The third-order valence-electron chi connectivity index (χ3n) is 4.93. The molecule has 0 fully saturated rings. The topological polar surface area (TPSA) is 70.6 Å². The highest BCUT2D eigenvalue weighted by molar-refractivity contribution is 7.90. The molecule has 1 heterocycles. The molecule has 0 amide bonds. The molecule has 30 heavy (non-hydrogen) atoms. The second-order valence-electron chi connectivity index (χ2n) is 7.02. The summed E-state index contributed by atoms with van der Waals surface area (Å²) in [6.45, 7) is 1.99. The van der Waals surface area contributed by atoms with Gasteiger partial charge in [0.2, 0.25) is 5.96 Å². The van der Waals surface area contributed by atoms with Crippen molar-refractivity contribution in [2.24, 2.45) is 4.99 Å². The first-order valence-electron chi connectivity index (χ1n) is 9.28. The van der Waals surface area contributed by atoms with Gasteiger partial charge in [-0.25, -0.2) is 22.5 Å². The van der Waals surface area contributed by atoms with E-state index in [-0.39, 0.29) is 23.2 Å². The molecule has 2 N–H and O–H groups in total. The van der Waals surface area contributed by atoms with E-state index in [0.29, 0.717) is 17.1 Å². The summed E-state index contributed by atoms with van der Waals surface area (Å²) in [5.74, 6) is -0.198. The summed E-state index contributed by atoms with van der Waals surface area (Å²) in [7, 11) is -3.77. The molecule has 1 aliphatic heterocycles. The zero-order valence-electron chi connectivity index (χ0n) is 16.1. The number of anilines is 1. The largest absolute Gasteiger partial charge is 0.324 e. The van der Waals surface area contributed by atoms with Crippen LogP contribution < -0.4 is 10.0 Å². The van der Waals surface area contributed by atoms with E-state index in [4.69, 9.17) is 11.6 Å². The molecule has 0 radical (unpaired) electrons. The maximum Gasteiger partial charge on any atom is 0.266 e. The average molecular weight is 444 g/mol. The van der Waals surface area contributed by atoms with Gasteiger partial charge in [0, 0.05) is 11.4 Å². The molecule has 1 aliphatic rings. The van der Waals surface area contributed by atoms with Crippen LogP contribution in [0, 0.1) is 12.7 Å². The van der Waals surface area contributed by atoms with Gasteiger partial charge in [0.15, 0.2) is 0 Å². The lowest BCUT2D eigenvalue weighted by atomic mass is 10.0. The molecule has 0 spiro atoms. The van der Waals surface area contributed by atoms with Crippen molar-refractivity contribution in [3.63, 3.8) is 0 Å². The van der Waals surface area contributed by atoms with Crippen LogP contribution in [0.2, 0.25) is 5.02 Å². The van der Waals surface area contributed by atoms with Crippen LogP contribution in [0.5, 0.6) is 0 Å². The van der Waals surface area contributed by atoms with E-state index < -0.39 is 10.0 Å². The first-order valence-corrected chi connectivity index (χ1v) is 11.1. The monoisotopic (exact) mass is 443 g/mol. The Morgan fingerprint density at radius 1 is 1.00 bits per heavy atom. The summed E-state index contributed by atoms with van der Waals surface area (Å²) in [6, 6.07) is 17.0. The number of guanidine groups is 1. The number of aryl methyl sites for hydroxylation is 1. The van der Waals surface area contributed by atoms with Crippen LogP contribution in [-0.2, 0) is 23.0 Å². The van der Waals surface area contributed by atoms with Gasteiger partial charge in [-0.1, -0.05) is 48.0 Å². The van der Waals surface area contributed by atoms with Crippen LogP contribution in [0.25, 0.3) is 0 Å². The average Bonchev–Trinajstić information content (AvgIpc) is 2.69. The first-order chi connectivity index (χ1) is 14.3. The molecule has 3 aromatic carbocycles. The van der Waals surface area contributed by atoms with Gasteiger partial charge in [0.1, 0.15) is 10.7 Å². The second kappa shape index (κ2) is 8.08. The molecule has 0 bridgehead atoms. The number of halogens is 2. The standard InChI is InChI=1S/C22H19ClFN3O2S/c1-14-11-18(24)10-9-17(14)13-25-22-26-21-16(12-15-5-2-3-7-19(15)23)6-4-8-20(21)30(28,29)27-22/h2-11H,12-13H2,1H3,(H2,25,26,27). The van der Waals surface area contributed by atoms with E-state index in [0.717, 1.165) is 22.3 Å². The number of rotatable bonds is 4. The van der Waals surface area contributed by atoms with Crippen molar-refractivity contribution in [3.8, 4) is 0 Å². The Balaban J connectivity index is 1.68. The minimum absolute atomic E-state index is 0.123. The number of sulfonamides is 1. The van der Waals surface area contributed by atoms with Gasteiger partial charge in [-0.3, -0.25) is 0 Å². The fourth-order valence-corrected chi connectivity index (χ4v) is 4.73. The lowest BCUT2D eigenvalue weighted by Crippen LogP contribution is -2.41. The second-order valence-corrected chi connectivity index (χ2v) is 9.08. The summed E-state index contributed by atoms with van der Waals surface area (Å²) < 4.78 is 41.3. The Morgan fingerprint density at radius 2 is 1.77 bits per heavy atom. The van der Waals surface area contributed by atoms with E-state index >= 15 is 0 Å². The number of hydrogen-bond donors (Lipinski definition) is 2. The first kappa shape index (κ1) is 20.4. The van der Waals surface area contributed by atoms with Gasteiger partial charge < -0.3 is 5.32 Å². The molecule has 0 unspecified atom stereocenters. The van der Waals surface area contributed by atoms with Gasteiger partial charge >= 0.3 is 0 Å². The molecule has 0 atom stereocenters. The van der Waals surface area contributed by atoms with E-state index in [9.17, 15) is 12.8 Å². The smallest absolute Gasteiger partial charge is 0.266 e. The Hall–Kier alpha value is -2.90. The Kier molecular flexibility index (Phi) is 5.49. The van der Waals surface area contributed by atoms with Crippen LogP contribution in [0.4, 0.5) is 10.1 Å². The number of aliphatic imine (C=N–C) groups is 1. The number of nitrogens with zero attached hydrogens (tertiary/aromatic N) is 1. The van der Waals surface area contributed by atoms with E-state index in [1.54, 1.807) is 31.2 Å². The van der Waals surface area contributed by atoms with Crippen LogP contribution in [0.3, 0.4) is 0 Å². The molecule has 0 saturated heterocycles. The summed E-state index contributed by atoms with van der Waals surface area (Å²) in [5, 5.41) is 3.72. The van der Waals surface area contributed by atoms with E-state index in [1.807, 2.05) is 24.3 Å². The van der Waals surface area contributed by atoms with Gasteiger partial charge in [-0.15, -0.1) is 0 Å². The Bertz CT molecular complexity index is 1260. The molecule has 4 rings (SSSR count). The molecule has 3 aromatic rings. The maximum atomic E-state index is 13.3. The van der Waals surface area contributed by atoms with Crippen LogP contribution in [0.15, 0.2) is 70.6 Å². The van der Waals surface area contributed by atoms with Crippen LogP contribution in [0.1, 0.15) is 22.3 Å². The van der Waals surface area contributed by atoms with Gasteiger partial charge in [0.05, 0.1) is 12.2 Å². The summed E-state index contributed by atoms with van der Waals surface area (Å²) >= 11 is 6.28. The molecule has 154 valence electrons. The lowest BCUT2D eigenvalue weighted by molar-refractivity contribution is 0.591. The van der Waals surface area contributed by atoms with Crippen LogP contribution in [-0.4, -0.2) is 14.4 Å². The highest BCUT2D eigenvalue weighted by Crippen LogP contribution is 2.31. The fraction of sp³-hybridized carbons (Fsp3) is 0.136. The zero-order chi connectivity index (χ0) is 21.3. The number of para-hydroxylation sites is 1. The minimum atomic E-state index is -3.77.